The summed E-state index contributed by atoms with van der Waals surface area (Å²) in [6.45, 7) is 4.55. The molecule has 212 valence electrons. The lowest BCUT2D eigenvalue weighted by Gasteiger charge is -2.33. The summed E-state index contributed by atoms with van der Waals surface area (Å²) >= 11 is 0. The molecular formula is C27H36F3N7O2. The number of benzene rings is 1. The van der Waals surface area contributed by atoms with E-state index in [-0.39, 0.29) is 49.9 Å². The van der Waals surface area contributed by atoms with Gasteiger partial charge >= 0.3 is 0 Å². The highest BCUT2D eigenvalue weighted by Gasteiger charge is 2.36. The van der Waals surface area contributed by atoms with Crippen molar-refractivity contribution in [2.45, 2.75) is 77.9 Å². The standard InChI is InChI=1S/C26H32F3N7O2.CH4/c1-14(2)31-25-30-12-21-23(34-25)36(26(32-21)33-22-19(28)10-16(27)11-20(22)29)17-7-5-15(6-8-17)24(38)35-9-3-4-18(35)13-37;/h10-12,14-15,17-18,37H,3-9,13H2,1-2H3,(H,32,33)(H,30,31,34);1H4/t15?,17?,18-;/m0./s1. The minimum atomic E-state index is -1.08. The van der Waals surface area contributed by atoms with Crippen molar-refractivity contribution >= 4 is 34.7 Å². The molecule has 2 aromatic heterocycles. The van der Waals surface area contributed by atoms with Crippen molar-refractivity contribution in [3.63, 3.8) is 0 Å². The van der Waals surface area contributed by atoms with E-state index in [1.54, 1.807) is 10.8 Å². The van der Waals surface area contributed by atoms with Gasteiger partial charge in [0.1, 0.15) is 17.0 Å². The van der Waals surface area contributed by atoms with Crippen molar-refractivity contribution in [3.05, 3.63) is 35.8 Å². The molecule has 1 saturated heterocycles. The van der Waals surface area contributed by atoms with Crippen LogP contribution in [-0.4, -0.2) is 60.7 Å². The zero-order valence-corrected chi connectivity index (χ0v) is 21.4. The number of aliphatic hydroxyl groups excluding tert-OH is 1. The molecule has 1 aromatic carbocycles. The molecule has 0 unspecified atom stereocenters. The normalized spacial score (nSPS) is 21.3. The molecule has 3 aromatic rings. The maximum absolute atomic E-state index is 14.5. The van der Waals surface area contributed by atoms with Crippen molar-refractivity contribution < 1.29 is 23.1 Å². The van der Waals surface area contributed by atoms with E-state index in [0.717, 1.165) is 12.8 Å². The Labute approximate surface area is 225 Å². The molecule has 1 saturated carbocycles. The molecule has 3 N–H and O–H groups in total. The zero-order chi connectivity index (χ0) is 27.0. The van der Waals surface area contributed by atoms with E-state index in [0.29, 0.717) is 61.5 Å². The first-order chi connectivity index (χ1) is 18.2. The van der Waals surface area contributed by atoms with Gasteiger partial charge in [0.05, 0.1) is 18.8 Å². The molecule has 2 fully saturated rings. The number of fused-ring (bicyclic) bond motifs is 1. The molecule has 0 bridgehead atoms. The number of carbonyl (C=O) groups excluding carboxylic acids is 1. The molecule has 3 heterocycles. The van der Waals surface area contributed by atoms with Gasteiger partial charge in [0.25, 0.3) is 0 Å². The fourth-order valence-electron chi connectivity index (χ4n) is 5.56. The Kier molecular flexibility index (Phi) is 8.63. The average molecular weight is 548 g/mol. The van der Waals surface area contributed by atoms with Gasteiger partial charge in [-0.1, -0.05) is 7.43 Å². The van der Waals surface area contributed by atoms with Crippen LogP contribution >= 0.6 is 0 Å². The van der Waals surface area contributed by atoms with Crippen LogP contribution in [-0.2, 0) is 4.79 Å². The van der Waals surface area contributed by atoms with Crippen molar-refractivity contribution in [2.75, 3.05) is 23.8 Å². The van der Waals surface area contributed by atoms with Gasteiger partial charge in [-0.25, -0.2) is 23.1 Å². The molecular weight excluding hydrogens is 511 g/mol. The molecule has 1 aliphatic carbocycles. The van der Waals surface area contributed by atoms with Crippen LogP contribution in [0.4, 0.5) is 30.8 Å². The van der Waals surface area contributed by atoms with Gasteiger partial charge in [-0.3, -0.25) is 9.36 Å². The first kappa shape index (κ1) is 28.6. The average Bonchev–Trinajstić information content (AvgIpc) is 3.49. The van der Waals surface area contributed by atoms with E-state index in [2.05, 4.69) is 25.6 Å². The van der Waals surface area contributed by atoms with Crippen molar-refractivity contribution in [2.24, 2.45) is 5.92 Å². The largest absolute Gasteiger partial charge is 0.394 e. The second kappa shape index (κ2) is 11.8. The Morgan fingerprint density at radius 1 is 1.10 bits per heavy atom. The highest BCUT2D eigenvalue weighted by Crippen LogP contribution is 2.39. The van der Waals surface area contributed by atoms with Crippen LogP contribution < -0.4 is 10.6 Å². The van der Waals surface area contributed by atoms with E-state index in [1.165, 1.54) is 0 Å². The Hall–Kier alpha value is -3.41. The summed E-state index contributed by atoms with van der Waals surface area (Å²) in [6.07, 6.45) is 5.75. The summed E-state index contributed by atoms with van der Waals surface area (Å²) in [7, 11) is 0. The molecule has 0 radical (unpaired) electrons. The van der Waals surface area contributed by atoms with E-state index in [9.17, 15) is 23.1 Å². The maximum atomic E-state index is 14.5. The number of aliphatic hydroxyl groups is 1. The minimum absolute atomic E-state index is 0. The van der Waals surface area contributed by atoms with Crippen LogP contribution in [0.2, 0.25) is 0 Å². The molecule has 1 amide bonds. The number of hydrogen-bond donors (Lipinski definition) is 3. The van der Waals surface area contributed by atoms with Crippen LogP contribution in [0.15, 0.2) is 18.3 Å². The summed E-state index contributed by atoms with van der Waals surface area (Å²) in [4.78, 5) is 28.4. The monoisotopic (exact) mass is 547 g/mol. The number of amides is 1. The Morgan fingerprint density at radius 3 is 2.44 bits per heavy atom. The first-order valence-corrected chi connectivity index (χ1v) is 13.1. The van der Waals surface area contributed by atoms with Crippen LogP contribution in [0.1, 0.15) is 65.8 Å². The number of anilines is 3. The zero-order valence-electron chi connectivity index (χ0n) is 21.4. The lowest BCUT2D eigenvalue weighted by Crippen LogP contribution is -2.42. The van der Waals surface area contributed by atoms with Crippen LogP contribution in [0.5, 0.6) is 0 Å². The Bertz CT molecular complexity index is 1300. The molecule has 0 spiro atoms. The van der Waals surface area contributed by atoms with Crippen molar-refractivity contribution in [1.29, 1.82) is 0 Å². The summed E-state index contributed by atoms with van der Waals surface area (Å²) in [5.74, 6) is -2.68. The number of halogens is 3. The summed E-state index contributed by atoms with van der Waals surface area (Å²) in [6, 6.07) is 1.04. The lowest BCUT2D eigenvalue weighted by atomic mass is 9.85. The third-order valence-corrected chi connectivity index (χ3v) is 7.38. The predicted octanol–water partition coefficient (Wildman–Crippen LogP) is 5.16. The van der Waals surface area contributed by atoms with Gasteiger partial charge < -0.3 is 20.6 Å². The minimum Gasteiger partial charge on any atom is -0.394 e. The molecule has 2 aliphatic rings. The van der Waals surface area contributed by atoms with Crippen LogP contribution in [0, 0.1) is 23.4 Å². The van der Waals surface area contributed by atoms with E-state index in [4.69, 9.17) is 0 Å². The number of carbonyl (C=O) groups is 1. The second-order valence-electron chi connectivity index (χ2n) is 10.4. The molecule has 5 rings (SSSR count). The topological polar surface area (TPSA) is 108 Å². The van der Waals surface area contributed by atoms with E-state index < -0.39 is 23.1 Å². The predicted molar refractivity (Wildman–Crippen MR) is 143 cm³/mol. The Balaban J connectivity index is 0.00000353. The highest BCUT2D eigenvalue weighted by atomic mass is 19.1. The number of hydrogen-bond acceptors (Lipinski definition) is 7. The SMILES string of the molecule is C.CC(C)Nc1ncc2nc(Nc3c(F)cc(F)cc3F)n(C3CCC(C(=O)N4CCC[C@H]4CO)CC3)c2n1. The molecule has 1 atom stereocenters. The number of rotatable bonds is 7. The quantitative estimate of drug-likeness (QED) is 0.375. The van der Waals surface area contributed by atoms with Crippen molar-refractivity contribution in [1.82, 2.24) is 24.4 Å². The van der Waals surface area contributed by atoms with Gasteiger partial charge in [-0.2, -0.15) is 4.98 Å². The smallest absolute Gasteiger partial charge is 0.226 e. The molecule has 9 nitrogen and oxygen atoms in total. The number of aromatic nitrogens is 4. The molecule has 1 aliphatic heterocycles. The van der Waals surface area contributed by atoms with E-state index >= 15 is 0 Å². The molecule has 12 heteroatoms. The first-order valence-electron chi connectivity index (χ1n) is 13.1. The number of imidazole rings is 1. The third kappa shape index (κ3) is 5.80. The van der Waals surface area contributed by atoms with Gasteiger partial charge in [0.2, 0.25) is 17.8 Å². The van der Waals surface area contributed by atoms with Crippen LogP contribution in [0.25, 0.3) is 11.2 Å². The fourth-order valence-corrected chi connectivity index (χ4v) is 5.56. The third-order valence-electron chi connectivity index (χ3n) is 7.38. The number of nitrogens with zero attached hydrogens (tertiary/aromatic N) is 5. The van der Waals surface area contributed by atoms with Gasteiger partial charge in [0.15, 0.2) is 17.3 Å². The number of nitrogens with one attached hydrogen (secondary N) is 2. The van der Waals surface area contributed by atoms with Gasteiger partial charge in [-0.05, 0) is 52.4 Å². The fraction of sp³-hybridized carbons (Fsp3) is 0.556. The number of likely N-dealkylation sites (tertiary alicyclic amines) is 1. The second-order valence-corrected chi connectivity index (χ2v) is 10.4. The van der Waals surface area contributed by atoms with Gasteiger partial charge in [-0.15, -0.1) is 0 Å². The summed E-state index contributed by atoms with van der Waals surface area (Å²) < 4.78 is 44.3. The maximum Gasteiger partial charge on any atom is 0.226 e. The highest BCUT2D eigenvalue weighted by molar-refractivity contribution is 5.80. The Morgan fingerprint density at radius 2 is 1.79 bits per heavy atom. The van der Waals surface area contributed by atoms with Crippen LogP contribution in [0.3, 0.4) is 0 Å². The van der Waals surface area contributed by atoms with E-state index in [1.807, 2.05) is 18.7 Å². The summed E-state index contributed by atoms with van der Waals surface area (Å²) in [5, 5.41) is 15.5. The lowest BCUT2D eigenvalue weighted by molar-refractivity contribution is -0.138. The molecule has 39 heavy (non-hydrogen) atoms. The summed E-state index contributed by atoms with van der Waals surface area (Å²) in [5.41, 5.74) is 0.415. The van der Waals surface area contributed by atoms with Gasteiger partial charge in [0, 0.05) is 36.7 Å². The van der Waals surface area contributed by atoms with Crippen molar-refractivity contribution in [3.8, 4) is 0 Å².